The number of nitrogens with zero attached hydrogens (tertiary/aromatic N) is 3. The molecule has 8 heteroatoms. The third-order valence-electron chi connectivity index (χ3n) is 2.94. The van der Waals surface area contributed by atoms with Gasteiger partial charge in [-0.3, -0.25) is 14.9 Å². The smallest absolute Gasteiger partial charge is 0.314 e. The number of ether oxygens (including phenoxy) is 2. The third-order valence-corrected chi connectivity index (χ3v) is 2.94. The number of carbonyl (C=O) groups is 1. The van der Waals surface area contributed by atoms with Crippen LogP contribution in [0.5, 0.6) is 11.5 Å². The lowest BCUT2D eigenvalue weighted by Gasteiger charge is -2.19. The molecule has 1 aromatic carbocycles. The minimum absolute atomic E-state index is 0.00418. The summed E-state index contributed by atoms with van der Waals surface area (Å²) in [5.74, 6) is -0.00654. The lowest BCUT2D eigenvalue weighted by Crippen LogP contribution is -2.35. The van der Waals surface area contributed by atoms with Gasteiger partial charge in [0.2, 0.25) is 0 Å². The summed E-state index contributed by atoms with van der Waals surface area (Å²) in [6.07, 6.45) is 0.224. The predicted octanol–water partition coefficient (Wildman–Crippen LogP) is 1.74. The summed E-state index contributed by atoms with van der Waals surface area (Å²) in [7, 11) is 1.40. The number of nitriles is 1. The molecule has 0 saturated heterocycles. The second kappa shape index (κ2) is 8.46. The Labute approximate surface area is 128 Å². The molecule has 0 saturated carbocycles. The van der Waals surface area contributed by atoms with E-state index in [1.165, 1.54) is 30.2 Å². The van der Waals surface area contributed by atoms with Crippen LogP contribution in [-0.2, 0) is 4.79 Å². The number of benzene rings is 1. The van der Waals surface area contributed by atoms with Crippen LogP contribution < -0.4 is 9.47 Å². The maximum absolute atomic E-state index is 12.0. The van der Waals surface area contributed by atoms with Crippen molar-refractivity contribution in [3.05, 3.63) is 28.3 Å². The van der Waals surface area contributed by atoms with Crippen molar-refractivity contribution >= 4 is 11.6 Å². The predicted molar refractivity (Wildman–Crippen MR) is 77.6 cm³/mol. The molecule has 0 spiro atoms. The number of carbonyl (C=O) groups excluding carboxylic acids is 1. The summed E-state index contributed by atoms with van der Waals surface area (Å²) in [6.45, 7) is 2.20. The molecule has 0 bridgehead atoms. The van der Waals surface area contributed by atoms with Crippen LogP contribution in [0.25, 0.3) is 0 Å². The van der Waals surface area contributed by atoms with Crippen LogP contribution >= 0.6 is 0 Å². The molecular weight excluding hydrogens is 290 g/mol. The molecule has 1 aromatic rings. The summed E-state index contributed by atoms with van der Waals surface area (Å²) in [6, 6.07) is 6.09. The van der Waals surface area contributed by atoms with E-state index >= 15 is 0 Å². The molecule has 1 amide bonds. The van der Waals surface area contributed by atoms with E-state index in [9.17, 15) is 14.9 Å². The second-order valence-electron chi connectivity index (χ2n) is 4.26. The number of likely N-dealkylation sites (N-methyl/N-ethyl adjacent to an activating group) is 1. The molecule has 0 aromatic heterocycles. The Morgan fingerprint density at radius 3 is 2.77 bits per heavy atom. The minimum atomic E-state index is -0.602. The van der Waals surface area contributed by atoms with Crippen molar-refractivity contribution < 1.29 is 19.2 Å². The number of nitro groups is 1. The standard InChI is InChI=1S/C14H17N3O5/c1-3-16(8-4-7-15)14(18)10-22-13-6-5-11(21-2)9-12(13)17(19)20/h5-6,9H,3-4,8,10H2,1-2H3. The summed E-state index contributed by atoms with van der Waals surface area (Å²) in [5, 5.41) is 19.5. The molecule has 118 valence electrons. The first-order chi connectivity index (χ1) is 10.5. The molecule has 0 atom stereocenters. The topological polar surface area (TPSA) is 106 Å². The Morgan fingerprint density at radius 1 is 1.50 bits per heavy atom. The fourth-order valence-electron chi connectivity index (χ4n) is 1.76. The molecule has 0 aliphatic rings. The van der Waals surface area contributed by atoms with Crippen LogP contribution in [0.2, 0.25) is 0 Å². The average Bonchev–Trinajstić information content (AvgIpc) is 2.53. The molecule has 0 N–H and O–H groups in total. The van der Waals surface area contributed by atoms with Gasteiger partial charge in [-0.15, -0.1) is 0 Å². The molecule has 22 heavy (non-hydrogen) atoms. The maximum atomic E-state index is 12.0. The number of methoxy groups -OCH3 is 1. The molecule has 1 rings (SSSR count). The summed E-state index contributed by atoms with van der Waals surface area (Å²) in [5.41, 5.74) is -0.271. The van der Waals surface area contributed by atoms with Crippen molar-refractivity contribution in [3.63, 3.8) is 0 Å². The zero-order valence-electron chi connectivity index (χ0n) is 12.4. The van der Waals surface area contributed by atoms with Crippen molar-refractivity contribution in [2.75, 3.05) is 26.8 Å². The van der Waals surface area contributed by atoms with E-state index in [-0.39, 0.29) is 30.4 Å². The number of nitro benzene ring substituents is 1. The van der Waals surface area contributed by atoms with E-state index in [4.69, 9.17) is 14.7 Å². The van der Waals surface area contributed by atoms with Crippen molar-refractivity contribution in [1.82, 2.24) is 4.90 Å². The molecule has 0 fully saturated rings. The van der Waals surface area contributed by atoms with Gasteiger partial charge in [0.25, 0.3) is 5.91 Å². The van der Waals surface area contributed by atoms with Crippen molar-refractivity contribution in [2.24, 2.45) is 0 Å². The van der Waals surface area contributed by atoms with Gasteiger partial charge in [-0.25, -0.2) is 0 Å². The van der Waals surface area contributed by atoms with E-state index in [1.807, 2.05) is 6.07 Å². The van der Waals surface area contributed by atoms with Crippen molar-refractivity contribution in [3.8, 4) is 17.6 Å². The molecule has 0 heterocycles. The van der Waals surface area contributed by atoms with Gasteiger partial charge in [0.1, 0.15) is 5.75 Å². The monoisotopic (exact) mass is 307 g/mol. The van der Waals surface area contributed by atoms with Crippen LogP contribution in [0.15, 0.2) is 18.2 Å². The normalized spacial score (nSPS) is 9.68. The fourth-order valence-corrected chi connectivity index (χ4v) is 1.76. The van der Waals surface area contributed by atoms with Crippen LogP contribution in [0.1, 0.15) is 13.3 Å². The highest BCUT2D eigenvalue weighted by Gasteiger charge is 2.19. The Morgan fingerprint density at radius 2 is 2.23 bits per heavy atom. The Bertz CT molecular complexity index is 582. The third kappa shape index (κ3) is 4.63. The Kier molecular flexibility index (Phi) is 6.63. The molecule has 8 nitrogen and oxygen atoms in total. The summed E-state index contributed by atoms with van der Waals surface area (Å²) >= 11 is 0. The first-order valence-corrected chi connectivity index (χ1v) is 6.63. The Hall–Kier alpha value is -2.82. The summed E-state index contributed by atoms with van der Waals surface area (Å²) in [4.78, 5) is 23.8. The SMILES string of the molecule is CCN(CCC#N)C(=O)COc1ccc(OC)cc1[N+](=O)[O-]. The molecular formula is C14H17N3O5. The van der Waals surface area contributed by atoms with Gasteiger partial charge in [0, 0.05) is 13.1 Å². The molecule has 0 unspecified atom stereocenters. The minimum Gasteiger partial charge on any atom is -0.496 e. The highest BCUT2D eigenvalue weighted by Crippen LogP contribution is 2.30. The van der Waals surface area contributed by atoms with Crippen molar-refractivity contribution in [1.29, 1.82) is 5.26 Å². The van der Waals surface area contributed by atoms with Gasteiger partial charge < -0.3 is 14.4 Å². The fraction of sp³-hybridized carbons (Fsp3) is 0.429. The number of hydrogen-bond acceptors (Lipinski definition) is 6. The van der Waals surface area contributed by atoms with Gasteiger partial charge in [0.15, 0.2) is 12.4 Å². The first-order valence-electron chi connectivity index (χ1n) is 6.63. The van der Waals surface area contributed by atoms with Crippen LogP contribution in [0.3, 0.4) is 0 Å². The van der Waals surface area contributed by atoms with Crippen LogP contribution in [0.4, 0.5) is 5.69 Å². The van der Waals surface area contributed by atoms with Crippen LogP contribution in [-0.4, -0.2) is 42.5 Å². The van der Waals surface area contributed by atoms with Gasteiger partial charge in [-0.05, 0) is 19.1 Å². The first kappa shape index (κ1) is 17.2. The highest BCUT2D eigenvalue weighted by atomic mass is 16.6. The molecule has 0 radical (unpaired) electrons. The van der Waals surface area contributed by atoms with Gasteiger partial charge >= 0.3 is 5.69 Å². The average molecular weight is 307 g/mol. The summed E-state index contributed by atoms with van der Waals surface area (Å²) < 4.78 is 10.2. The van der Waals surface area contributed by atoms with Crippen LogP contribution in [0, 0.1) is 21.4 Å². The van der Waals surface area contributed by atoms with Gasteiger partial charge in [-0.1, -0.05) is 0 Å². The molecule has 0 aliphatic heterocycles. The zero-order chi connectivity index (χ0) is 16.5. The molecule has 0 aliphatic carbocycles. The Balaban J connectivity index is 2.77. The second-order valence-corrected chi connectivity index (χ2v) is 4.26. The van der Waals surface area contributed by atoms with E-state index in [2.05, 4.69) is 0 Å². The quantitative estimate of drug-likeness (QED) is 0.535. The lowest BCUT2D eigenvalue weighted by molar-refractivity contribution is -0.385. The van der Waals surface area contributed by atoms with E-state index in [1.54, 1.807) is 6.92 Å². The van der Waals surface area contributed by atoms with Gasteiger partial charge in [-0.2, -0.15) is 5.26 Å². The van der Waals surface area contributed by atoms with E-state index in [0.29, 0.717) is 18.8 Å². The number of amides is 1. The lowest BCUT2D eigenvalue weighted by atomic mass is 10.3. The largest absolute Gasteiger partial charge is 0.496 e. The van der Waals surface area contributed by atoms with E-state index in [0.717, 1.165) is 0 Å². The van der Waals surface area contributed by atoms with E-state index < -0.39 is 4.92 Å². The number of rotatable bonds is 8. The zero-order valence-corrected chi connectivity index (χ0v) is 12.4. The van der Waals surface area contributed by atoms with Gasteiger partial charge in [0.05, 0.1) is 30.6 Å². The maximum Gasteiger partial charge on any atom is 0.314 e. The van der Waals surface area contributed by atoms with Crippen molar-refractivity contribution in [2.45, 2.75) is 13.3 Å². The number of hydrogen-bond donors (Lipinski definition) is 0. The highest BCUT2D eigenvalue weighted by molar-refractivity contribution is 5.78.